The molecular formula is C17H19ClO3. The van der Waals surface area contributed by atoms with E-state index in [-0.39, 0.29) is 0 Å². The second-order valence-corrected chi connectivity index (χ2v) is 4.89. The van der Waals surface area contributed by atoms with E-state index in [4.69, 9.17) is 25.8 Å². The average molecular weight is 307 g/mol. The lowest BCUT2D eigenvalue weighted by atomic mass is 10.2. The molecule has 0 atom stereocenters. The molecule has 112 valence electrons. The molecule has 3 nitrogen and oxygen atoms in total. The van der Waals surface area contributed by atoms with Crippen LogP contribution in [0.15, 0.2) is 42.5 Å². The standard InChI is InChI=1S/C17H19ClO3/c1-3-19-16-6-4-5-7-17(16)21-11-10-20-14-8-9-15(18)13(2)12-14/h4-9,12H,3,10-11H2,1-2H3. The highest BCUT2D eigenvalue weighted by Gasteiger charge is 2.03. The van der Waals surface area contributed by atoms with Crippen molar-refractivity contribution >= 4 is 11.6 Å². The van der Waals surface area contributed by atoms with E-state index in [1.54, 1.807) is 0 Å². The minimum Gasteiger partial charge on any atom is -0.490 e. The summed E-state index contributed by atoms with van der Waals surface area (Å²) in [5, 5.41) is 0.740. The first-order valence-corrected chi connectivity index (χ1v) is 7.32. The number of ether oxygens (including phenoxy) is 3. The smallest absolute Gasteiger partial charge is 0.161 e. The number of hydrogen-bond donors (Lipinski definition) is 0. The topological polar surface area (TPSA) is 27.7 Å². The lowest BCUT2D eigenvalue weighted by Gasteiger charge is -2.12. The van der Waals surface area contributed by atoms with Crippen molar-refractivity contribution in [1.82, 2.24) is 0 Å². The summed E-state index contributed by atoms with van der Waals surface area (Å²) in [6.07, 6.45) is 0. The molecule has 0 saturated heterocycles. The third-order valence-electron chi connectivity index (χ3n) is 2.89. The van der Waals surface area contributed by atoms with Crippen LogP contribution in [0.3, 0.4) is 0 Å². The number of aryl methyl sites for hydroxylation is 1. The van der Waals surface area contributed by atoms with Gasteiger partial charge in [0.05, 0.1) is 6.61 Å². The Kier molecular flexibility index (Phi) is 5.76. The molecule has 21 heavy (non-hydrogen) atoms. The third-order valence-corrected chi connectivity index (χ3v) is 3.31. The number of rotatable bonds is 7. The van der Waals surface area contributed by atoms with Gasteiger partial charge in [-0.3, -0.25) is 0 Å². The third kappa shape index (κ3) is 4.57. The van der Waals surface area contributed by atoms with Crippen molar-refractivity contribution in [2.45, 2.75) is 13.8 Å². The normalized spacial score (nSPS) is 10.2. The van der Waals surface area contributed by atoms with Gasteiger partial charge in [-0.25, -0.2) is 0 Å². The van der Waals surface area contributed by atoms with Crippen molar-refractivity contribution in [2.75, 3.05) is 19.8 Å². The molecule has 2 aromatic carbocycles. The second kappa shape index (κ2) is 7.79. The van der Waals surface area contributed by atoms with Crippen molar-refractivity contribution in [2.24, 2.45) is 0 Å². The van der Waals surface area contributed by atoms with Crippen molar-refractivity contribution in [3.05, 3.63) is 53.1 Å². The quantitative estimate of drug-likeness (QED) is 0.705. The van der Waals surface area contributed by atoms with E-state index in [2.05, 4.69) is 0 Å². The lowest BCUT2D eigenvalue weighted by molar-refractivity contribution is 0.208. The molecule has 0 aliphatic rings. The van der Waals surface area contributed by atoms with Crippen LogP contribution in [0.4, 0.5) is 0 Å². The zero-order valence-electron chi connectivity index (χ0n) is 12.3. The Labute approximate surface area is 130 Å². The molecule has 0 amide bonds. The van der Waals surface area contributed by atoms with Crippen LogP contribution in [-0.4, -0.2) is 19.8 Å². The fraction of sp³-hybridized carbons (Fsp3) is 0.294. The van der Waals surface area contributed by atoms with E-state index in [0.717, 1.165) is 27.8 Å². The van der Waals surface area contributed by atoms with Gasteiger partial charge in [0.15, 0.2) is 11.5 Å². The number of benzene rings is 2. The van der Waals surface area contributed by atoms with Crippen LogP contribution < -0.4 is 14.2 Å². The first-order valence-electron chi connectivity index (χ1n) is 6.94. The van der Waals surface area contributed by atoms with Gasteiger partial charge in [0.1, 0.15) is 19.0 Å². The van der Waals surface area contributed by atoms with Gasteiger partial charge in [-0.2, -0.15) is 0 Å². The molecule has 0 aliphatic heterocycles. The maximum absolute atomic E-state index is 5.97. The van der Waals surface area contributed by atoms with E-state index in [1.807, 2.05) is 56.3 Å². The van der Waals surface area contributed by atoms with Crippen molar-refractivity contribution in [1.29, 1.82) is 0 Å². The van der Waals surface area contributed by atoms with Gasteiger partial charge in [0.2, 0.25) is 0 Å². The zero-order chi connectivity index (χ0) is 15.1. The van der Waals surface area contributed by atoms with Crippen LogP contribution in [0, 0.1) is 6.92 Å². The molecule has 0 bridgehead atoms. The summed E-state index contributed by atoms with van der Waals surface area (Å²) in [5.74, 6) is 2.27. The summed E-state index contributed by atoms with van der Waals surface area (Å²) in [6, 6.07) is 13.2. The van der Waals surface area contributed by atoms with E-state index >= 15 is 0 Å². The Bertz CT molecular complexity index is 584. The summed E-state index contributed by atoms with van der Waals surface area (Å²) in [5.41, 5.74) is 0.997. The van der Waals surface area contributed by atoms with Gasteiger partial charge >= 0.3 is 0 Å². The lowest BCUT2D eigenvalue weighted by Crippen LogP contribution is -2.09. The summed E-state index contributed by atoms with van der Waals surface area (Å²) in [6.45, 7) is 5.42. The largest absolute Gasteiger partial charge is 0.490 e. The number of hydrogen-bond acceptors (Lipinski definition) is 3. The minimum atomic E-state index is 0.450. The van der Waals surface area contributed by atoms with Gasteiger partial charge in [0, 0.05) is 5.02 Å². The predicted molar refractivity (Wildman–Crippen MR) is 84.8 cm³/mol. The Morgan fingerprint density at radius 3 is 2.24 bits per heavy atom. The molecular weight excluding hydrogens is 288 g/mol. The number of halogens is 1. The molecule has 2 rings (SSSR count). The molecule has 0 radical (unpaired) electrons. The monoisotopic (exact) mass is 306 g/mol. The van der Waals surface area contributed by atoms with Gasteiger partial charge in [-0.15, -0.1) is 0 Å². The molecule has 0 aliphatic carbocycles. The van der Waals surface area contributed by atoms with Crippen LogP contribution in [0.1, 0.15) is 12.5 Å². The van der Waals surface area contributed by atoms with Gasteiger partial charge in [-0.1, -0.05) is 23.7 Å². The van der Waals surface area contributed by atoms with Crippen LogP contribution in [0.25, 0.3) is 0 Å². The van der Waals surface area contributed by atoms with E-state index in [0.29, 0.717) is 19.8 Å². The van der Waals surface area contributed by atoms with Gasteiger partial charge in [-0.05, 0) is 49.7 Å². The van der Waals surface area contributed by atoms with Crippen LogP contribution in [0.5, 0.6) is 17.2 Å². The molecule has 0 fully saturated rings. The Hall–Kier alpha value is -1.87. The first kappa shape index (κ1) is 15.5. The fourth-order valence-corrected chi connectivity index (χ4v) is 1.98. The first-order chi connectivity index (χ1) is 10.2. The van der Waals surface area contributed by atoms with Gasteiger partial charge < -0.3 is 14.2 Å². The number of para-hydroxylation sites is 2. The zero-order valence-corrected chi connectivity index (χ0v) is 13.0. The summed E-state index contributed by atoms with van der Waals surface area (Å²) in [7, 11) is 0. The van der Waals surface area contributed by atoms with Crippen molar-refractivity contribution < 1.29 is 14.2 Å². The molecule has 0 heterocycles. The van der Waals surface area contributed by atoms with Crippen LogP contribution >= 0.6 is 11.6 Å². The highest BCUT2D eigenvalue weighted by Crippen LogP contribution is 2.26. The highest BCUT2D eigenvalue weighted by atomic mass is 35.5. The molecule has 2 aromatic rings. The molecule has 0 saturated carbocycles. The highest BCUT2D eigenvalue weighted by molar-refractivity contribution is 6.31. The SMILES string of the molecule is CCOc1ccccc1OCCOc1ccc(Cl)c(C)c1. The van der Waals surface area contributed by atoms with Gasteiger partial charge in [0.25, 0.3) is 0 Å². The van der Waals surface area contributed by atoms with E-state index < -0.39 is 0 Å². The summed E-state index contributed by atoms with van der Waals surface area (Å²) < 4.78 is 16.8. The Balaban J connectivity index is 1.83. The Morgan fingerprint density at radius 2 is 1.57 bits per heavy atom. The van der Waals surface area contributed by atoms with Crippen LogP contribution in [0.2, 0.25) is 5.02 Å². The summed E-state index contributed by atoms with van der Waals surface area (Å²) in [4.78, 5) is 0. The summed E-state index contributed by atoms with van der Waals surface area (Å²) >= 11 is 5.97. The Morgan fingerprint density at radius 1 is 0.905 bits per heavy atom. The second-order valence-electron chi connectivity index (χ2n) is 4.49. The molecule has 0 unspecified atom stereocenters. The maximum atomic E-state index is 5.97. The predicted octanol–water partition coefficient (Wildman–Crippen LogP) is 4.50. The molecule has 0 aromatic heterocycles. The van der Waals surface area contributed by atoms with Crippen LogP contribution in [-0.2, 0) is 0 Å². The molecule has 0 spiro atoms. The average Bonchev–Trinajstić information content (AvgIpc) is 2.49. The van der Waals surface area contributed by atoms with Crippen molar-refractivity contribution in [3.8, 4) is 17.2 Å². The van der Waals surface area contributed by atoms with E-state index in [9.17, 15) is 0 Å². The fourth-order valence-electron chi connectivity index (χ4n) is 1.86. The molecule has 0 N–H and O–H groups in total. The molecule has 4 heteroatoms. The maximum Gasteiger partial charge on any atom is 0.161 e. The van der Waals surface area contributed by atoms with E-state index in [1.165, 1.54) is 0 Å². The minimum absolute atomic E-state index is 0.450. The van der Waals surface area contributed by atoms with Crippen molar-refractivity contribution in [3.63, 3.8) is 0 Å².